The van der Waals surface area contributed by atoms with Crippen molar-refractivity contribution in [1.29, 1.82) is 0 Å². The van der Waals surface area contributed by atoms with E-state index in [9.17, 15) is 4.79 Å². The van der Waals surface area contributed by atoms with Crippen LogP contribution >= 0.6 is 0 Å². The molecular formula is C23H24N2O3. The van der Waals surface area contributed by atoms with E-state index < -0.39 is 0 Å². The number of anilines is 1. The number of hydrogen-bond donors (Lipinski definition) is 1. The molecule has 1 amide bonds. The van der Waals surface area contributed by atoms with Gasteiger partial charge in [-0.25, -0.2) is 0 Å². The Morgan fingerprint density at radius 2 is 1.79 bits per heavy atom. The molecule has 0 atom stereocenters. The first-order valence-electron chi connectivity index (χ1n) is 9.80. The maximum Gasteiger partial charge on any atom is 0.256 e. The lowest BCUT2D eigenvalue weighted by Crippen LogP contribution is -2.13. The van der Waals surface area contributed by atoms with Crippen molar-refractivity contribution < 1.29 is 14.3 Å². The SMILES string of the molecule is CCOc1ccc(NC(=O)c2cc(C3CC3)nc3ccccc23)cc1OCC. The maximum atomic E-state index is 13.1. The number of nitrogens with one attached hydrogen (secondary N) is 1. The molecule has 4 rings (SSSR count). The fraction of sp³-hybridized carbons (Fsp3) is 0.304. The zero-order valence-corrected chi connectivity index (χ0v) is 16.2. The number of aromatic nitrogens is 1. The van der Waals surface area contributed by atoms with Crippen LogP contribution < -0.4 is 14.8 Å². The number of ether oxygens (including phenoxy) is 2. The van der Waals surface area contributed by atoms with Crippen molar-refractivity contribution >= 4 is 22.5 Å². The number of fused-ring (bicyclic) bond motifs is 1. The lowest BCUT2D eigenvalue weighted by atomic mass is 10.1. The monoisotopic (exact) mass is 376 g/mol. The first-order valence-corrected chi connectivity index (χ1v) is 9.80. The number of rotatable bonds is 7. The number of benzene rings is 2. The van der Waals surface area contributed by atoms with Crippen LogP contribution in [-0.2, 0) is 0 Å². The quantitative estimate of drug-likeness (QED) is 0.618. The van der Waals surface area contributed by atoms with Gasteiger partial charge in [-0.3, -0.25) is 9.78 Å². The van der Waals surface area contributed by atoms with E-state index in [1.54, 1.807) is 6.07 Å². The van der Waals surface area contributed by atoms with Gasteiger partial charge in [0.25, 0.3) is 5.91 Å². The zero-order chi connectivity index (χ0) is 19.5. The van der Waals surface area contributed by atoms with Gasteiger partial charge in [0, 0.05) is 28.8 Å². The third kappa shape index (κ3) is 3.79. The zero-order valence-electron chi connectivity index (χ0n) is 16.2. The lowest BCUT2D eigenvalue weighted by molar-refractivity contribution is 0.102. The molecule has 1 heterocycles. The summed E-state index contributed by atoms with van der Waals surface area (Å²) in [4.78, 5) is 17.8. The predicted molar refractivity (Wildman–Crippen MR) is 110 cm³/mol. The summed E-state index contributed by atoms with van der Waals surface area (Å²) in [6.45, 7) is 4.93. The van der Waals surface area contributed by atoms with Gasteiger partial charge in [-0.05, 0) is 51.0 Å². The molecule has 1 N–H and O–H groups in total. The van der Waals surface area contributed by atoms with Crippen molar-refractivity contribution in [2.45, 2.75) is 32.6 Å². The molecule has 1 aliphatic carbocycles. The van der Waals surface area contributed by atoms with Gasteiger partial charge in [-0.1, -0.05) is 18.2 Å². The summed E-state index contributed by atoms with van der Waals surface area (Å²) in [5.41, 5.74) is 3.19. The van der Waals surface area contributed by atoms with E-state index in [0.29, 0.717) is 41.9 Å². The van der Waals surface area contributed by atoms with Crippen molar-refractivity contribution in [1.82, 2.24) is 4.98 Å². The van der Waals surface area contributed by atoms with Crippen molar-refractivity contribution in [3.63, 3.8) is 0 Å². The standard InChI is InChI=1S/C23H24N2O3/c1-3-27-21-12-11-16(13-22(21)28-4-2)24-23(26)18-14-20(15-9-10-15)25-19-8-6-5-7-17(18)19/h5-8,11-15H,3-4,9-10H2,1-2H3,(H,24,26). The Balaban J connectivity index is 1.66. The van der Waals surface area contributed by atoms with Gasteiger partial charge in [-0.2, -0.15) is 0 Å². The van der Waals surface area contributed by atoms with Gasteiger partial charge < -0.3 is 14.8 Å². The molecule has 144 valence electrons. The molecule has 28 heavy (non-hydrogen) atoms. The van der Waals surface area contributed by atoms with E-state index in [-0.39, 0.29) is 5.91 Å². The molecule has 3 aromatic rings. The van der Waals surface area contributed by atoms with Gasteiger partial charge in [0.15, 0.2) is 11.5 Å². The summed E-state index contributed by atoms with van der Waals surface area (Å²) >= 11 is 0. The summed E-state index contributed by atoms with van der Waals surface area (Å²) in [5, 5.41) is 3.86. The highest BCUT2D eigenvalue weighted by molar-refractivity contribution is 6.12. The number of carbonyl (C=O) groups excluding carboxylic acids is 1. The Morgan fingerprint density at radius 1 is 1.04 bits per heavy atom. The molecule has 1 aromatic heterocycles. The summed E-state index contributed by atoms with van der Waals surface area (Å²) in [6, 6.07) is 15.2. The minimum atomic E-state index is -0.146. The Morgan fingerprint density at radius 3 is 2.54 bits per heavy atom. The van der Waals surface area contributed by atoms with Crippen molar-refractivity contribution in [2.24, 2.45) is 0 Å². The van der Waals surface area contributed by atoms with Crippen LogP contribution in [0.4, 0.5) is 5.69 Å². The highest BCUT2D eigenvalue weighted by Gasteiger charge is 2.27. The van der Waals surface area contributed by atoms with Gasteiger partial charge in [0.05, 0.1) is 24.3 Å². The van der Waals surface area contributed by atoms with Crippen LogP contribution in [0.3, 0.4) is 0 Å². The van der Waals surface area contributed by atoms with Crippen molar-refractivity contribution in [3.05, 3.63) is 59.8 Å². The Hall–Kier alpha value is -3.08. The fourth-order valence-corrected chi connectivity index (χ4v) is 3.30. The second-order valence-corrected chi connectivity index (χ2v) is 6.87. The van der Waals surface area contributed by atoms with Crippen molar-refractivity contribution in [2.75, 3.05) is 18.5 Å². The average molecular weight is 376 g/mol. The Kier molecular flexibility index (Phi) is 5.15. The number of nitrogens with zero attached hydrogens (tertiary/aromatic N) is 1. The summed E-state index contributed by atoms with van der Waals surface area (Å²) < 4.78 is 11.3. The first kappa shape index (κ1) is 18.3. The molecule has 1 saturated carbocycles. The summed E-state index contributed by atoms with van der Waals surface area (Å²) in [7, 11) is 0. The molecule has 5 nitrogen and oxygen atoms in total. The number of hydrogen-bond acceptors (Lipinski definition) is 4. The maximum absolute atomic E-state index is 13.1. The molecule has 5 heteroatoms. The highest BCUT2D eigenvalue weighted by atomic mass is 16.5. The van der Waals surface area contributed by atoms with Crippen LogP contribution in [0.15, 0.2) is 48.5 Å². The van der Waals surface area contributed by atoms with Gasteiger partial charge >= 0.3 is 0 Å². The third-order valence-electron chi connectivity index (χ3n) is 4.78. The Bertz CT molecular complexity index is 1010. The van der Waals surface area contributed by atoms with E-state index in [0.717, 1.165) is 29.4 Å². The summed E-state index contributed by atoms with van der Waals surface area (Å²) in [6.07, 6.45) is 2.28. The van der Waals surface area contributed by atoms with Crippen LogP contribution in [0.2, 0.25) is 0 Å². The van der Waals surface area contributed by atoms with Crippen LogP contribution in [0.1, 0.15) is 48.7 Å². The lowest BCUT2D eigenvalue weighted by Gasteiger charge is -2.14. The van der Waals surface area contributed by atoms with Crippen molar-refractivity contribution in [3.8, 4) is 11.5 Å². The van der Waals surface area contributed by atoms with Crippen LogP contribution in [0.5, 0.6) is 11.5 Å². The average Bonchev–Trinajstić information content (AvgIpc) is 3.55. The number of pyridine rings is 1. The topological polar surface area (TPSA) is 60.5 Å². The molecule has 0 bridgehead atoms. The van der Waals surface area contributed by atoms with Crippen LogP contribution in [0.25, 0.3) is 10.9 Å². The summed E-state index contributed by atoms with van der Waals surface area (Å²) in [5.74, 6) is 1.63. The third-order valence-corrected chi connectivity index (χ3v) is 4.78. The van der Waals surface area contributed by atoms with E-state index in [1.807, 2.05) is 56.3 Å². The predicted octanol–water partition coefficient (Wildman–Crippen LogP) is 5.16. The molecule has 0 saturated heterocycles. The number of amides is 1. The van der Waals surface area contributed by atoms with Gasteiger partial charge in [0.2, 0.25) is 0 Å². The van der Waals surface area contributed by atoms with Crippen LogP contribution in [0, 0.1) is 0 Å². The van der Waals surface area contributed by atoms with Gasteiger partial charge in [0.1, 0.15) is 0 Å². The molecule has 1 aliphatic rings. The second kappa shape index (κ2) is 7.89. The molecule has 1 fully saturated rings. The molecule has 0 unspecified atom stereocenters. The van der Waals surface area contributed by atoms with E-state index >= 15 is 0 Å². The molecule has 0 aliphatic heterocycles. The minimum absolute atomic E-state index is 0.146. The van der Waals surface area contributed by atoms with E-state index in [2.05, 4.69) is 5.32 Å². The van der Waals surface area contributed by atoms with Crippen LogP contribution in [-0.4, -0.2) is 24.1 Å². The van der Waals surface area contributed by atoms with E-state index in [1.165, 1.54) is 0 Å². The Labute approximate surface area is 164 Å². The van der Waals surface area contributed by atoms with Gasteiger partial charge in [-0.15, -0.1) is 0 Å². The number of para-hydroxylation sites is 1. The largest absolute Gasteiger partial charge is 0.490 e. The molecule has 2 aromatic carbocycles. The number of carbonyl (C=O) groups is 1. The molecule has 0 spiro atoms. The first-order chi connectivity index (χ1) is 13.7. The highest BCUT2D eigenvalue weighted by Crippen LogP contribution is 2.40. The molecular weight excluding hydrogens is 352 g/mol. The smallest absolute Gasteiger partial charge is 0.256 e. The minimum Gasteiger partial charge on any atom is -0.490 e. The fourth-order valence-electron chi connectivity index (χ4n) is 3.30. The normalized spacial score (nSPS) is 13.4. The second-order valence-electron chi connectivity index (χ2n) is 6.87. The van der Waals surface area contributed by atoms with E-state index in [4.69, 9.17) is 14.5 Å². The molecule has 0 radical (unpaired) electrons.